The normalized spacial score (nSPS) is 17.1. The number of hydrogen-bond donors (Lipinski definition) is 1. The Bertz CT molecular complexity index is 547. The van der Waals surface area contributed by atoms with Crippen LogP contribution in [0.25, 0.3) is 0 Å². The van der Waals surface area contributed by atoms with Crippen molar-refractivity contribution in [2.24, 2.45) is 10.2 Å². The van der Waals surface area contributed by atoms with Gasteiger partial charge in [0.1, 0.15) is 6.67 Å². The first-order chi connectivity index (χ1) is 10.8. The smallest absolute Gasteiger partial charge is 0.131 e. The zero-order chi connectivity index (χ0) is 15.4. The second kappa shape index (κ2) is 6.81. The third kappa shape index (κ3) is 3.24. The fraction of sp³-hybridized carbons (Fsp3) is 0.529. The Kier molecular flexibility index (Phi) is 4.61. The molecule has 0 fully saturated rings. The summed E-state index contributed by atoms with van der Waals surface area (Å²) in [4.78, 5) is 4.54. The molecule has 0 spiro atoms. The topological polar surface area (TPSA) is 43.2 Å². The predicted octanol–water partition coefficient (Wildman–Crippen LogP) is 3.05. The zero-order valence-electron chi connectivity index (χ0n) is 13.5. The number of benzene rings is 1. The molecule has 2 heterocycles. The van der Waals surface area contributed by atoms with Crippen LogP contribution in [0.4, 0.5) is 11.4 Å². The maximum Gasteiger partial charge on any atom is 0.131 e. The molecule has 118 valence electrons. The Balaban J connectivity index is 1.74. The van der Waals surface area contributed by atoms with Gasteiger partial charge in [0, 0.05) is 45.3 Å². The molecule has 3 rings (SSSR count). The Labute approximate surface area is 132 Å². The number of anilines is 1. The number of nitrogens with zero attached hydrogens (tertiary/aromatic N) is 4. The Morgan fingerprint density at radius 2 is 1.91 bits per heavy atom. The van der Waals surface area contributed by atoms with Crippen LogP contribution in [0.5, 0.6) is 0 Å². The van der Waals surface area contributed by atoms with Gasteiger partial charge in [-0.25, -0.2) is 0 Å². The molecular weight excluding hydrogens is 274 g/mol. The van der Waals surface area contributed by atoms with Crippen LogP contribution < -0.4 is 10.2 Å². The second-order valence-corrected chi connectivity index (χ2v) is 6.05. The highest BCUT2D eigenvalue weighted by atomic mass is 15.2. The molecule has 2 aliphatic heterocycles. The maximum atomic E-state index is 4.43. The van der Waals surface area contributed by atoms with Crippen molar-refractivity contribution >= 4 is 11.4 Å². The summed E-state index contributed by atoms with van der Waals surface area (Å²) in [5.41, 5.74) is 5.41. The molecule has 2 aliphatic rings. The van der Waals surface area contributed by atoms with E-state index in [4.69, 9.17) is 0 Å². The van der Waals surface area contributed by atoms with Gasteiger partial charge in [-0.2, -0.15) is 10.2 Å². The number of azo groups is 1. The number of rotatable bonds is 5. The second-order valence-electron chi connectivity index (χ2n) is 6.05. The van der Waals surface area contributed by atoms with Crippen molar-refractivity contribution in [3.05, 3.63) is 35.7 Å². The molecule has 0 saturated carbocycles. The van der Waals surface area contributed by atoms with Crippen LogP contribution in [0.1, 0.15) is 24.0 Å². The molecule has 0 saturated heterocycles. The molecule has 0 amide bonds. The van der Waals surface area contributed by atoms with Gasteiger partial charge >= 0.3 is 0 Å². The van der Waals surface area contributed by atoms with Crippen LogP contribution in [0.15, 0.2) is 34.8 Å². The van der Waals surface area contributed by atoms with Gasteiger partial charge in [-0.15, -0.1) is 0 Å². The van der Waals surface area contributed by atoms with E-state index in [2.05, 4.69) is 32.6 Å². The van der Waals surface area contributed by atoms with E-state index < -0.39 is 0 Å². The minimum absolute atomic E-state index is 0.566. The highest BCUT2D eigenvalue weighted by Crippen LogP contribution is 2.38. The first-order valence-electron chi connectivity index (χ1n) is 8.10. The summed E-state index contributed by atoms with van der Waals surface area (Å²) in [6.07, 6.45) is 8.69. The van der Waals surface area contributed by atoms with Gasteiger partial charge in [0.15, 0.2) is 0 Å². The Morgan fingerprint density at radius 3 is 2.55 bits per heavy atom. The van der Waals surface area contributed by atoms with E-state index in [1.165, 1.54) is 55.6 Å². The molecule has 1 aromatic rings. The zero-order valence-corrected chi connectivity index (χ0v) is 13.5. The molecular formula is C17H25N5. The number of aryl methyl sites for hydroxylation is 2. The molecule has 0 radical (unpaired) electrons. The summed E-state index contributed by atoms with van der Waals surface area (Å²) >= 11 is 0. The van der Waals surface area contributed by atoms with E-state index in [1.54, 1.807) is 0 Å². The number of hydrogen-bond acceptors (Lipinski definition) is 5. The SMILES string of the molecule is CN/C=C\N(C)C/N=N/c1cc2c3c(c1)CCCN3CCC2. The summed E-state index contributed by atoms with van der Waals surface area (Å²) in [5.74, 6) is 0. The first kappa shape index (κ1) is 14.9. The van der Waals surface area contributed by atoms with Crippen molar-refractivity contribution in [3.63, 3.8) is 0 Å². The molecule has 0 aliphatic carbocycles. The van der Waals surface area contributed by atoms with E-state index >= 15 is 0 Å². The van der Waals surface area contributed by atoms with Crippen molar-refractivity contribution in [1.29, 1.82) is 0 Å². The minimum Gasteiger partial charge on any atom is -0.393 e. The van der Waals surface area contributed by atoms with Gasteiger partial charge in [0.25, 0.3) is 0 Å². The lowest BCUT2D eigenvalue weighted by molar-refractivity contribution is 0.460. The van der Waals surface area contributed by atoms with Gasteiger partial charge < -0.3 is 15.1 Å². The molecule has 0 unspecified atom stereocenters. The third-order valence-electron chi connectivity index (χ3n) is 4.29. The standard InChI is InChI=1S/C17H25N5/c1-18-7-10-21(2)13-19-20-16-11-14-5-3-8-22-9-4-6-15(12-16)17(14)22/h7,10-12,18H,3-6,8-9,13H2,1-2H3/b10-7-,20-19+. The number of nitrogens with one attached hydrogen (secondary N) is 1. The van der Waals surface area contributed by atoms with Gasteiger partial charge in [-0.05, 0) is 48.9 Å². The van der Waals surface area contributed by atoms with Crippen LogP contribution in [0.2, 0.25) is 0 Å². The Morgan fingerprint density at radius 1 is 1.23 bits per heavy atom. The van der Waals surface area contributed by atoms with E-state index in [0.717, 1.165) is 5.69 Å². The fourth-order valence-corrected chi connectivity index (χ4v) is 3.30. The van der Waals surface area contributed by atoms with Crippen molar-refractivity contribution in [2.45, 2.75) is 25.7 Å². The summed E-state index contributed by atoms with van der Waals surface area (Å²) in [7, 11) is 3.87. The summed E-state index contributed by atoms with van der Waals surface area (Å²) < 4.78 is 0. The van der Waals surface area contributed by atoms with E-state index in [1.807, 2.05) is 31.4 Å². The molecule has 5 nitrogen and oxygen atoms in total. The molecule has 0 bridgehead atoms. The summed E-state index contributed by atoms with van der Waals surface area (Å²) in [6, 6.07) is 4.45. The lowest BCUT2D eigenvalue weighted by atomic mass is 9.91. The largest absolute Gasteiger partial charge is 0.393 e. The average molecular weight is 299 g/mol. The van der Waals surface area contributed by atoms with Crippen molar-refractivity contribution in [1.82, 2.24) is 10.2 Å². The molecule has 0 aromatic heterocycles. The molecule has 1 aromatic carbocycles. The molecule has 22 heavy (non-hydrogen) atoms. The average Bonchev–Trinajstić information content (AvgIpc) is 2.53. The van der Waals surface area contributed by atoms with Gasteiger partial charge in [-0.1, -0.05) is 0 Å². The predicted molar refractivity (Wildman–Crippen MR) is 90.6 cm³/mol. The van der Waals surface area contributed by atoms with Crippen LogP contribution in [0.3, 0.4) is 0 Å². The lowest BCUT2D eigenvalue weighted by Crippen LogP contribution is -2.34. The monoisotopic (exact) mass is 299 g/mol. The van der Waals surface area contributed by atoms with Gasteiger partial charge in [0.05, 0.1) is 5.69 Å². The highest BCUT2D eigenvalue weighted by Gasteiger charge is 2.24. The first-order valence-corrected chi connectivity index (χ1v) is 8.10. The van der Waals surface area contributed by atoms with Gasteiger partial charge in [0.2, 0.25) is 0 Å². The fourth-order valence-electron chi connectivity index (χ4n) is 3.30. The molecule has 0 atom stereocenters. The summed E-state index contributed by atoms with van der Waals surface area (Å²) in [6.45, 7) is 2.99. The van der Waals surface area contributed by atoms with E-state index in [9.17, 15) is 0 Å². The molecule has 1 N–H and O–H groups in total. The maximum absolute atomic E-state index is 4.43. The van der Waals surface area contributed by atoms with Crippen molar-refractivity contribution in [3.8, 4) is 0 Å². The van der Waals surface area contributed by atoms with Crippen LogP contribution >= 0.6 is 0 Å². The quantitative estimate of drug-likeness (QED) is 0.850. The van der Waals surface area contributed by atoms with Crippen LogP contribution in [-0.4, -0.2) is 38.8 Å². The van der Waals surface area contributed by atoms with Crippen molar-refractivity contribution in [2.75, 3.05) is 38.8 Å². The summed E-state index contributed by atoms with van der Waals surface area (Å²) in [5, 5.41) is 11.7. The van der Waals surface area contributed by atoms with Gasteiger partial charge in [-0.3, -0.25) is 0 Å². The highest BCUT2D eigenvalue weighted by molar-refractivity contribution is 5.67. The van der Waals surface area contributed by atoms with Crippen LogP contribution in [-0.2, 0) is 12.8 Å². The van der Waals surface area contributed by atoms with E-state index in [0.29, 0.717) is 6.67 Å². The molecule has 5 heteroatoms. The van der Waals surface area contributed by atoms with Crippen molar-refractivity contribution < 1.29 is 0 Å². The van der Waals surface area contributed by atoms with Crippen LogP contribution in [0, 0.1) is 0 Å². The third-order valence-corrected chi connectivity index (χ3v) is 4.29. The minimum atomic E-state index is 0.566. The van der Waals surface area contributed by atoms with E-state index in [-0.39, 0.29) is 0 Å². The Hall–Kier alpha value is -2.04. The lowest BCUT2D eigenvalue weighted by Gasteiger charge is -2.36.